The molecule has 0 atom stereocenters. The van der Waals surface area contributed by atoms with E-state index in [0.717, 1.165) is 34.6 Å². The summed E-state index contributed by atoms with van der Waals surface area (Å²) in [4.78, 5) is 16.6. The maximum Gasteiger partial charge on any atom is 0.260 e. The lowest BCUT2D eigenvalue weighted by atomic mass is 10.2. The zero-order valence-corrected chi connectivity index (χ0v) is 15.0. The van der Waals surface area contributed by atoms with Crippen molar-refractivity contribution in [2.75, 3.05) is 6.61 Å². The standard InChI is InChI=1S/C20H22N4O2/c1-3-12-26-17-10-8-16(9-11-17)13-21-23-20(25)14-24-15(2)22-18-6-4-5-7-19(18)24/h4-11,13H,3,12,14H2,1-2H3,(H,23,25)/b21-13-. The highest BCUT2D eigenvalue weighted by Gasteiger charge is 2.09. The largest absolute Gasteiger partial charge is 0.494 e. The summed E-state index contributed by atoms with van der Waals surface area (Å²) in [5.74, 6) is 1.43. The number of hydrogen-bond acceptors (Lipinski definition) is 4. The lowest BCUT2D eigenvalue weighted by Gasteiger charge is -2.05. The second-order valence-electron chi connectivity index (χ2n) is 5.94. The number of aromatic nitrogens is 2. The summed E-state index contributed by atoms with van der Waals surface area (Å²) in [7, 11) is 0. The minimum absolute atomic E-state index is 0.174. The van der Waals surface area contributed by atoms with Crippen LogP contribution in [-0.2, 0) is 11.3 Å². The van der Waals surface area contributed by atoms with Gasteiger partial charge in [0.25, 0.3) is 5.91 Å². The Morgan fingerprint density at radius 3 is 2.77 bits per heavy atom. The Kier molecular flexibility index (Phi) is 5.63. The van der Waals surface area contributed by atoms with Crippen LogP contribution in [0, 0.1) is 6.92 Å². The van der Waals surface area contributed by atoms with Crippen molar-refractivity contribution in [1.29, 1.82) is 0 Å². The van der Waals surface area contributed by atoms with Crippen molar-refractivity contribution in [3.8, 4) is 5.75 Å². The highest BCUT2D eigenvalue weighted by molar-refractivity contribution is 5.84. The van der Waals surface area contributed by atoms with Crippen molar-refractivity contribution in [1.82, 2.24) is 15.0 Å². The number of rotatable bonds is 7. The van der Waals surface area contributed by atoms with Gasteiger partial charge < -0.3 is 9.30 Å². The second kappa shape index (κ2) is 8.29. The molecule has 0 spiro atoms. The molecular weight excluding hydrogens is 328 g/mol. The average molecular weight is 350 g/mol. The van der Waals surface area contributed by atoms with Gasteiger partial charge in [0.1, 0.15) is 18.1 Å². The summed E-state index contributed by atoms with van der Waals surface area (Å²) in [5, 5.41) is 4.02. The number of aryl methyl sites for hydroxylation is 1. The quantitative estimate of drug-likeness (QED) is 0.525. The van der Waals surface area contributed by atoms with E-state index in [1.807, 2.05) is 60.0 Å². The maximum atomic E-state index is 12.2. The molecule has 1 heterocycles. The van der Waals surface area contributed by atoms with Gasteiger partial charge in [-0.05, 0) is 55.3 Å². The van der Waals surface area contributed by atoms with E-state index in [2.05, 4.69) is 22.4 Å². The van der Waals surface area contributed by atoms with Crippen LogP contribution in [0.15, 0.2) is 53.6 Å². The van der Waals surface area contributed by atoms with Crippen LogP contribution in [0.3, 0.4) is 0 Å². The molecule has 3 aromatic rings. The first-order valence-electron chi connectivity index (χ1n) is 8.64. The molecule has 1 amide bonds. The normalized spacial score (nSPS) is 11.2. The van der Waals surface area contributed by atoms with Crippen LogP contribution >= 0.6 is 0 Å². The zero-order chi connectivity index (χ0) is 18.4. The van der Waals surface area contributed by atoms with Gasteiger partial charge in [-0.3, -0.25) is 4.79 Å². The fourth-order valence-electron chi connectivity index (χ4n) is 2.62. The number of nitrogens with one attached hydrogen (secondary N) is 1. The fraction of sp³-hybridized carbons (Fsp3) is 0.250. The molecule has 0 saturated heterocycles. The van der Waals surface area contributed by atoms with Crippen LogP contribution in [0.2, 0.25) is 0 Å². The van der Waals surface area contributed by atoms with Gasteiger partial charge in [0, 0.05) is 0 Å². The number of carbonyl (C=O) groups excluding carboxylic acids is 1. The van der Waals surface area contributed by atoms with Crippen molar-refractivity contribution in [3.05, 3.63) is 59.9 Å². The first-order chi connectivity index (χ1) is 12.7. The molecule has 134 valence electrons. The van der Waals surface area contributed by atoms with Crippen molar-refractivity contribution in [2.24, 2.45) is 5.10 Å². The molecular formula is C20H22N4O2. The molecule has 26 heavy (non-hydrogen) atoms. The Morgan fingerprint density at radius 1 is 1.23 bits per heavy atom. The van der Waals surface area contributed by atoms with Crippen LogP contribution in [0.4, 0.5) is 0 Å². The highest BCUT2D eigenvalue weighted by atomic mass is 16.5. The molecule has 0 aliphatic carbocycles. The van der Waals surface area contributed by atoms with E-state index in [1.54, 1.807) is 6.21 Å². The Balaban J connectivity index is 1.58. The van der Waals surface area contributed by atoms with Gasteiger partial charge in [0.05, 0.1) is 23.9 Å². The van der Waals surface area contributed by atoms with Gasteiger partial charge in [0.2, 0.25) is 0 Å². The molecule has 1 N–H and O–H groups in total. The Labute approximate surface area is 152 Å². The van der Waals surface area contributed by atoms with E-state index < -0.39 is 0 Å². The van der Waals surface area contributed by atoms with Gasteiger partial charge in [-0.2, -0.15) is 5.10 Å². The Morgan fingerprint density at radius 2 is 2.00 bits per heavy atom. The third-order valence-electron chi connectivity index (χ3n) is 3.90. The summed E-state index contributed by atoms with van der Waals surface area (Å²) in [6.45, 7) is 4.83. The van der Waals surface area contributed by atoms with E-state index >= 15 is 0 Å². The number of nitrogens with zero attached hydrogens (tertiary/aromatic N) is 3. The van der Waals surface area contributed by atoms with Crippen molar-refractivity contribution in [3.63, 3.8) is 0 Å². The molecule has 0 fully saturated rings. The van der Waals surface area contributed by atoms with Crippen LogP contribution in [-0.4, -0.2) is 28.3 Å². The number of amides is 1. The highest BCUT2D eigenvalue weighted by Crippen LogP contribution is 2.15. The summed E-state index contributed by atoms with van der Waals surface area (Å²) in [6.07, 6.45) is 2.58. The molecule has 0 unspecified atom stereocenters. The van der Waals surface area contributed by atoms with E-state index in [4.69, 9.17) is 4.74 Å². The SMILES string of the molecule is CCCOc1ccc(/C=N\NC(=O)Cn2c(C)nc3ccccc32)cc1. The third kappa shape index (κ3) is 4.27. The van der Waals surface area contributed by atoms with Crippen LogP contribution < -0.4 is 10.2 Å². The van der Waals surface area contributed by atoms with E-state index in [-0.39, 0.29) is 12.5 Å². The Bertz CT molecular complexity index is 913. The van der Waals surface area contributed by atoms with Crippen molar-refractivity contribution in [2.45, 2.75) is 26.8 Å². The van der Waals surface area contributed by atoms with Crippen LogP contribution in [0.1, 0.15) is 24.7 Å². The third-order valence-corrected chi connectivity index (χ3v) is 3.90. The number of ether oxygens (including phenoxy) is 1. The fourth-order valence-corrected chi connectivity index (χ4v) is 2.62. The molecule has 0 radical (unpaired) electrons. The predicted molar refractivity (Wildman–Crippen MR) is 102 cm³/mol. The van der Waals surface area contributed by atoms with Crippen molar-refractivity contribution >= 4 is 23.2 Å². The molecule has 6 heteroatoms. The number of benzene rings is 2. The summed E-state index contributed by atoms with van der Waals surface area (Å²) < 4.78 is 7.41. The molecule has 6 nitrogen and oxygen atoms in total. The second-order valence-corrected chi connectivity index (χ2v) is 5.94. The van der Waals surface area contributed by atoms with Gasteiger partial charge in [-0.15, -0.1) is 0 Å². The first-order valence-corrected chi connectivity index (χ1v) is 8.64. The van der Waals surface area contributed by atoms with E-state index in [0.29, 0.717) is 6.61 Å². The molecule has 0 aliphatic rings. The van der Waals surface area contributed by atoms with Gasteiger partial charge in [0.15, 0.2) is 0 Å². The smallest absolute Gasteiger partial charge is 0.260 e. The molecule has 0 saturated carbocycles. The number of carbonyl (C=O) groups is 1. The van der Waals surface area contributed by atoms with Gasteiger partial charge in [-0.25, -0.2) is 10.4 Å². The monoisotopic (exact) mass is 350 g/mol. The lowest BCUT2D eigenvalue weighted by Crippen LogP contribution is -2.23. The van der Waals surface area contributed by atoms with Crippen LogP contribution in [0.25, 0.3) is 11.0 Å². The zero-order valence-electron chi connectivity index (χ0n) is 15.0. The topological polar surface area (TPSA) is 68.5 Å². The number of imidazole rings is 1. The van der Waals surface area contributed by atoms with Crippen LogP contribution in [0.5, 0.6) is 5.75 Å². The number of para-hydroxylation sites is 2. The molecule has 3 rings (SSSR count). The van der Waals surface area contributed by atoms with Crippen molar-refractivity contribution < 1.29 is 9.53 Å². The molecule has 1 aromatic heterocycles. The Hall–Kier alpha value is -3.15. The number of hydrazone groups is 1. The molecule has 2 aromatic carbocycles. The first kappa shape index (κ1) is 17.7. The lowest BCUT2D eigenvalue weighted by molar-refractivity contribution is -0.121. The predicted octanol–water partition coefficient (Wildman–Crippen LogP) is 3.28. The summed E-state index contributed by atoms with van der Waals surface area (Å²) in [6, 6.07) is 15.3. The van der Waals surface area contributed by atoms with Gasteiger partial charge >= 0.3 is 0 Å². The summed E-state index contributed by atoms with van der Waals surface area (Å²) in [5.41, 5.74) is 5.27. The van der Waals surface area contributed by atoms with Gasteiger partial charge in [-0.1, -0.05) is 19.1 Å². The van der Waals surface area contributed by atoms with E-state index in [1.165, 1.54) is 0 Å². The summed E-state index contributed by atoms with van der Waals surface area (Å²) >= 11 is 0. The van der Waals surface area contributed by atoms with E-state index in [9.17, 15) is 4.79 Å². The maximum absolute atomic E-state index is 12.2. The average Bonchev–Trinajstić information content (AvgIpc) is 2.96. The molecule has 0 aliphatic heterocycles. The number of hydrogen-bond donors (Lipinski definition) is 1. The minimum Gasteiger partial charge on any atom is -0.494 e. The minimum atomic E-state index is -0.199. The number of fused-ring (bicyclic) bond motifs is 1. The molecule has 0 bridgehead atoms.